The third kappa shape index (κ3) is 2.92. The molecule has 94 valence electrons. The fourth-order valence-electron chi connectivity index (χ4n) is 2.32. The Morgan fingerprint density at radius 1 is 1.06 bits per heavy atom. The first kappa shape index (κ1) is 12.7. The number of hydrogen-bond acceptors (Lipinski definition) is 3. The van der Waals surface area contributed by atoms with Gasteiger partial charge >= 0.3 is 0 Å². The van der Waals surface area contributed by atoms with Gasteiger partial charge in [0.1, 0.15) is 5.92 Å². The van der Waals surface area contributed by atoms with Crippen LogP contribution in [0.2, 0.25) is 0 Å². The number of carbonyl (C=O) groups excluding carboxylic acids is 3. The van der Waals surface area contributed by atoms with E-state index in [-0.39, 0.29) is 23.8 Å². The molecule has 3 nitrogen and oxygen atoms in total. The minimum atomic E-state index is -0.970. The maximum atomic E-state index is 12.0. The Labute approximate surface area is 106 Å². The van der Waals surface area contributed by atoms with E-state index in [1.807, 2.05) is 30.3 Å². The van der Waals surface area contributed by atoms with Crippen LogP contribution in [0.1, 0.15) is 31.2 Å². The van der Waals surface area contributed by atoms with Crippen LogP contribution in [0.25, 0.3) is 0 Å². The number of Topliss-reactive ketones (excluding diaryl/α,β-unsaturated/α-hetero) is 3. The fourth-order valence-corrected chi connectivity index (χ4v) is 2.32. The summed E-state index contributed by atoms with van der Waals surface area (Å²) in [6.07, 6.45) is 2.20. The van der Waals surface area contributed by atoms with Crippen molar-refractivity contribution in [2.24, 2.45) is 5.92 Å². The zero-order chi connectivity index (χ0) is 13.0. The first-order valence-electron chi connectivity index (χ1n) is 6.30. The van der Waals surface area contributed by atoms with Crippen LogP contribution in [0.5, 0.6) is 0 Å². The van der Waals surface area contributed by atoms with Crippen molar-refractivity contribution in [2.45, 2.75) is 32.1 Å². The van der Waals surface area contributed by atoms with Gasteiger partial charge in [0.05, 0.1) is 0 Å². The first-order valence-corrected chi connectivity index (χ1v) is 6.30. The van der Waals surface area contributed by atoms with E-state index in [1.54, 1.807) is 0 Å². The monoisotopic (exact) mass is 244 g/mol. The molecule has 0 spiro atoms. The molecule has 1 saturated carbocycles. The lowest BCUT2D eigenvalue weighted by atomic mass is 9.82. The molecular formula is C15H16O3. The highest BCUT2D eigenvalue weighted by molar-refractivity contribution is 6.20. The second kappa shape index (κ2) is 5.71. The lowest BCUT2D eigenvalue weighted by molar-refractivity contribution is -0.142. The molecule has 1 fully saturated rings. The lowest BCUT2D eigenvalue weighted by Crippen LogP contribution is -2.35. The number of aryl methyl sites for hydroxylation is 1. The predicted octanol–water partition coefficient (Wildman–Crippen LogP) is 2.13. The molecular weight excluding hydrogens is 228 g/mol. The maximum Gasteiger partial charge on any atom is 0.151 e. The molecule has 1 aromatic rings. The van der Waals surface area contributed by atoms with Crippen LogP contribution in [-0.4, -0.2) is 17.3 Å². The summed E-state index contributed by atoms with van der Waals surface area (Å²) >= 11 is 0. The molecule has 0 bridgehead atoms. The molecule has 0 saturated heterocycles. The highest BCUT2D eigenvalue weighted by Gasteiger charge is 2.35. The highest BCUT2D eigenvalue weighted by Crippen LogP contribution is 2.20. The van der Waals surface area contributed by atoms with E-state index >= 15 is 0 Å². The lowest BCUT2D eigenvalue weighted by Gasteiger charge is -2.18. The molecule has 1 aliphatic rings. The van der Waals surface area contributed by atoms with Gasteiger partial charge in [0.15, 0.2) is 17.3 Å². The second-order valence-corrected chi connectivity index (χ2v) is 4.67. The molecule has 1 aliphatic carbocycles. The molecule has 0 aromatic heterocycles. The Morgan fingerprint density at radius 2 is 1.67 bits per heavy atom. The van der Waals surface area contributed by atoms with Crippen molar-refractivity contribution in [1.29, 1.82) is 0 Å². The van der Waals surface area contributed by atoms with Crippen LogP contribution in [0.4, 0.5) is 0 Å². The Hall–Kier alpha value is -1.77. The number of hydrogen-bond donors (Lipinski definition) is 0. The van der Waals surface area contributed by atoms with E-state index in [2.05, 4.69) is 0 Å². The summed E-state index contributed by atoms with van der Waals surface area (Å²) in [5.74, 6) is -1.57. The average molecular weight is 244 g/mol. The third-order valence-electron chi connectivity index (χ3n) is 3.32. The second-order valence-electron chi connectivity index (χ2n) is 4.67. The van der Waals surface area contributed by atoms with E-state index in [9.17, 15) is 14.4 Å². The van der Waals surface area contributed by atoms with E-state index in [1.165, 1.54) is 0 Å². The Morgan fingerprint density at radius 3 is 2.28 bits per heavy atom. The highest BCUT2D eigenvalue weighted by atomic mass is 16.2. The SMILES string of the molecule is O=C1CCCC(=O)C1C(=O)CCc1ccccc1. The van der Waals surface area contributed by atoms with Crippen LogP contribution in [0.3, 0.4) is 0 Å². The van der Waals surface area contributed by atoms with Gasteiger partial charge in [-0.1, -0.05) is 30.3 Å². The van der Waals surface area contributed by atoms with Crippen molar-refractivity contribution < 1.29 is 14.4 Å². The van der Waals surface area contributed by atoms with Crippen molar-refractivity contribution in [3.63, 3.8) is 0 Å². The van der Waals surface area contributed by atoms with E-state index < -0.39 is 5.92 Å². The predicted molar refractivity (Wildman–Crippen MR) is 67.1 cm³/mol. The van der Waals surface area contributed by atoms with Gasteiger partial charge in [-0.05, 0) is 18.4 Å². The van der Waals surface area contributed by atoms with Gasteiger partial charge in [-0.3, -0.25) is 14.4 Å². The molecule has 18 heavy (non-hydrogen) atoms. The standard InChI is InChI=1S/C15H16O3/c16-12-7-4-8-13(17)15(12)14(18)10-9-11-5-2-1-3-6-11/h1-3,5-6,15H,4,7-10H2. The summed E-state index contributed by atoms with van der Waals surface area (Å²) in [7, 11) is 0. The van der Waals surface area contributed by atoms with Crippen LogP contribution < -0.4 is 0 Å². The molecule has 0 radical (unpaired) electrons. The van der Waals surface area contributed by atoms with Crippen LogP contribution >= 0.6 is 0 Å². The van der Waals surface area contributed by atoms with E-state index in [0.717, 1.165) is 5.56 Å². The number of carbonyl (C=O) groups is 3. The summed E-state index contributed by atoms with van der Waals surface area (Å²) < 4.78 is 0. The van der Waals surface area contributed by atoms with E-state index in [4.69, 9.17) is 0 Å². The van der Waals surface area contributed by atoms with Crippen molar-refractivity contribution in [3.8, 4) is 0 Å². The number of benzene rings is 1. The van der Waals surface area contributed by atoms with Gasteiger partial charge in [0, 0.05) is 19.3 Å². The Kier molecular flexibility index (Phi) is 4.03. The van der Waals surface area contributed by atoms with Gasteiger partial charge in [0.2, 0.25) is 0 Å². The minimum Gasteiger partial charge on any atom is -0.298 e. The maximum absolute atomic E-state index is 12.0. The van der Waals surface area contributed by atoms with Gasteiger partial charge in [-0.25, -0.2) is 0 Å². The van der Waals surface area contributed by atoms with Gasteiger partial charge in [0.25, 0.3) is 0 Å². The zero-order valence-corrected chi connectivity index (χ0v) is 10.2. The van der Waals surface area contributed by atoms with Gasteiger partial charge in [-0.2, -0.15) is 0 Å². The summed E-state index contributed by atoms with van der Waals surface area (Å²) in [5.41, 5.74) is 1.06. The third-order valence-corrected chi connectivity index (χ3v) is 3.32. The van der Waals surface area contributed by atoms with Crippen molar-refractivity contribution in [1.82, 2.24) is 0 Å². The largest absolute Gasteiger partial charge is 0.298 e. The first-order chi connectivity index (χ1) is 8.68. The molecule has 1 aromatic carbocycles. The average Bonchev–Trinajstić information content (AvgIpc) is 2.37. The minimum absolute atomic E-state index is 0.190. The van der Waals surface area contributed by atoms with Crippen LogP contribution in [0.15, 0.2) is 30.3 Å². The van der Waals surface area contributed by atoms with Crippen molar-refractivity contribution in [2.75, 3.05) is 0 Å². The normalized spacial score (nSPS) is 16.9. The smallest absolute Gasteiger partial charge is 0.151 e. The molecule has 3 heteroatoms. The quantitative estimate of drug-likeness (QED) is 0.762. The van der Waals surface area contributed by atoms with Crippen molar-refractivity contribution >= 4 is 17.3 Å². The Bertz CT molecular complexity index is 446. The molecule has 0 aliphatic heterocycles. The molecule has 0 N–H and O–H groups in total. The topological polar surface area (TPSA) is 51.2 Å². The molecule has 0 atom stereocenters. The summed E-state index contributed by atoms with van der Waals surface area (Å²) in [4.78, 5) is 35.2. The Balaban J connectivity index is 1.95. The zero-order valence-electron chi connectivity index (χ0n) is 10.2. The van der Waals surface area contributed by atoms with Crippen molar-refractivity contribution in [3.05, 3.63) is 35.9 Å². The van der Waals surface area contributed by atoms with Gasteiger partial charge in [-0.15, -0.1) is 0 Å². The van der Waals surface area contributed by atoms with Crippen LogP contribution in [0, 0.1) is 5.92 Å². The summed E-state index contributed by atoms with van der Waals surface area (Å²) in [6.45, 7) is 0. The number of rotatable bonds is 4. The molecule has 0 heterocycles. The molecule has 0 amide bonds. The molecule has 2 rings (SSSR count). The van der Waals surface area contributed by atoms with Crippen LogP contribution in [-0.2, 0) is 20.8 Å². The fraction of sp³-hybridized carbons (Fsp3) is 0.400. The summed E-state index contributed by atoms with van der Waals surface area (Å²) in [5, 5.41) is 0. The van der Waals surface area contributed by atoms with Gasteiger partial charge < -0.3 is 0 Å². The number of ketones is 3. The molecule has 0 unspecified atom stereocenters. The summed E-state index contributed by atoms with van der Waals surface area (Å²) in [6, 6.07) is 9.63. The van der Waals surface area contributed by atoms with E-state index in [0.29, 0.717) is 25.7 Å².